The molecule has 3 heterocycles. The van der Waals surface area contributed by atoms with Crippen molar-refractivity contribution in [1.29, 1.82) is 0 Å². The van der Waals surface area contributed by atoms with Crippen molar-refractivity contribution in [2.45, 2.75) is 16.3 Å². The van der Waals surface area contributed by atoms with Crippen molar-refractivity contribution in [3.63, 3.8) is 0 Å². The van der Waals surface area contributed by atoms with Gasteiger partial charge in [0, 0.05) is 17.6 Å². The van der Waals surface area contributed by atoms with Crippen molar-refractivity contribution >= 4 is 37.9 Å². The molecular formula is C20H15N3O6S2. The van der Waals surface area contributed by atoms with Crippen LogP contribution in [0, 0.1) is 0 Å². The Morgan fingerprint density at radius 2 is 2.00 bits per heavy atom. The highest BCUT2D eigenvalue weighted by Gasteiger charge is 2.26. The smallest absolute Gasteiger partial charge is 0.347 e. The van der Waals surface area contributed by atoms with Gasteiger partial charge in [-0.25, -0.2) is 22.9 Å². The fourth-order valence-corrected chi connectivity index (χ4v) is 5.58. The minimum Gasteiger partial charge on any atom is -0.481 e. The molecule has 0 aliphatic carbocycles. The van der Waals surface area contributed by atoms with Gasteiger partial charge in [0.05, 0.1) is 35.0 Å². The second-order valence-corrected chi connectivity index (χ2v) is 9.32. The SMILES string of the molecule is COc1ccc(Cn2ncc3cc(S(=O)(=O)c4ccsc4C(=O)O)ccc3c2=O)cn1. The Balaban J connectivity index is 1.72. The number of aromatic carboxylic acids is 1. The van der Waals surface area contributed by atoms with Gasteiger partial charge in [0.15, 0.2) is 0 Å². The summed E-state index contributed by atoms with van der Waals surface area (Å²) in [6, 6.07) is 8.72. The van der Waals surface area contributed by atoms with E-state index >= 15 is 0 Å². The van der Waals surface area contributed by atoms with Crippen LogP contribution in [0.25, 0.3) is 10.8 Å². The molecule has 0 aliphatic heterocycles. The van der Waals surface area contributed by atoms with E-state index in [1.165, 1.54) is 47.6 Å². The van der Waals surface area contributed by atoms with Gasteiger partial charge < -0.3 is 9.84 Å². The summed E-state index contributed by atoms with van der Waals surface area (Å²) in [6.07, 6.45) is 2.98. The molecule has 31 heavy (non-hydrogen) atoms. The predicted molar refractivity (Wildman–Crippen MR) is 113 cm³/mol. The molecule has 0 bridgehead atoms. The van der Waals surface area contributed by atoms with E-state index in [0.29, 0.717) is 16.7 Å². The van der Waals surface area contributed by atoms with Crippen molar-refractivity contribution in [3.05, 3.63) is 75.0 Å². The number of fused-ring (bicyclic) bond motifs is 1. The molecule has 0 saturated carbocycles. The number of rotatable bonds is 6. The molecular weight excluding hydrogens is 442 g/mol. The number of hydrogen-bond acceptors (Lipinski definition) is 8. The average Bonchev–Trinajstić information content (AvgIpc) is 3.27. The highest BCUT2D eigenvalue weighted by molar-refractivity contribution is 7.91. The first kappa shape index (κ1) is 20.7. The first-order valence-electron chi connectivity index (χ1n) is 8.86. The number of methoxy groups -OCH3 is 1. The van der Waals surface area contributed by atoms with E-state index in [9.17, 15) is 23.1 Å². The van der Waals surface area contributed by atoms with Crippen LogP contribution in [0.15, 0.2) is 68.8 Å². The fraction of sp³-hybridized carbons (Fsp3) is 0.100. The number of aromatic nitrogens is 3. The molecule has 3 aromatic heterocycles. The monoisotopic (exact) mass is 457 g/mol. The number of carbonyl (C=O) groups is 1. The van der Waals surface area contributed by atoms with Crippen molar-refractivity contribution < 1.29 is 23.1 Å². The number of carboxylic acid groups (broad SMARTS) is 1. The van der Waals surface area contributed by atoms with Gasteiger partial charge in [-0.1, -0.05) is 6.07 Å². The van der Waals surface area contributed by atoms with Crippen molar-refractivity contribution in [1.82, 2.24) is 14.8 Å². The molecule has 11 heteroatoms. The molecule has 4 rings (SSSR count). The van der Waals surface area contributed by atoms with E-state index in [0.717, 1.165) is 16.9 Å². The van der Waals surface area contributed by atoms with Crippen LogP contribution in [0.3, 0.4) is 0 Å². The molecule has 0 fully saturated rings. The number of pyridine rings is 1. The molecule has 0 radical (unpaired) electrons. The molecule has 1 N–H and O–H groups in total. The van der Waals surface area contributed by atoms with Gasteiger partial charge in [0.25, 0.3) is 5.56 Å². The zero-order valence-electron chi connectivity index (χ0n) is 16.0. The number of carboxylic acids is 1. The zero-order chi connectivity index (χ0) is 22.2. The maximum atomic E-state index is 12.9. The van der Waals surface area contributed by atoms with Gasteiger partial charge >= 0.3 is 5.97 Å². The maximum absolute atomic E-state index is 12.9. The summed E-state index contributed by atoms with van der Waals surface area (Å²) in [7, 11) is -2.56. The Labute approximate surface area is 180 Å². The van der Waals surface area contributed by atoms with Crippen LogP contribution in [-0.2, 0) is 16.4 Å². The van der Waals surface area contributed by atoms with Gasteiger partial charge in [0.2, 0.25) is 15.7 Å². The Morgan fingerprint density at radius 3 is 2.68 bits per heavy atom. The van der Waals surface area contributed by atoms with Crippen LogP contribution in [0.1, 0.15) is 15.2 Å². The lowest BCUT2D eigenvalue weighted by atomic mass is 10.2. The Bertz CT molecular complexity index is 1460. The Hall–Kier alpha value is -3.57. The highest BCUT2D eigenvalue weighted by Crippen LogP contribution is 2.29. The largest absolute Gasteiger partial charge is 0.481 e. The lowest BCUT2D eigenvalue weighted by molar-refractivity contribution is 0.0698. The number of sulfone groups is 1. The molecule has 0 spiro atoms. The quantitative estimate of drug-likeness (QED) is 0.467. The van der Waals surface area contributed by atoms with E-state index < -0.39 is 15.8 Å². The number of nitrogens with zero attached hydrogens (tertiary/aromatic N) is 3. The van der Waals surface area contributed by atoms with Gasteiger partial charge in [-0.15, -0.1) is 11.3 Å². The summed E-state index contributed by atoms with van der Waals surface area (Å²) in [5.41, 5.74) is 0.353. The lowest BCUT2D eigenvalue weighted by Crippen LogP contribution is -2.23. The predicted octanol–water partition coefficient (Wildman–Crippen LogP) is 2.44. The van der Waals surface area contributed by atoms with Crippen LogP contribution in [0.2, 0.25) is 0 Å². The van der Waals surface area contributed by atoms with Gasteiger partial charge in [-0.3, -0.25) is 4.79 Å². The zero-order valence-corrected chi connectivity index (χ0v) is 17.7. The second kappa shape index (κ2) is 7.93. The molecule has 158 valence electrons. The van der Waals surface area contributed by atoms with Crippen molar-refractivity contribution in [2.75, 3.05) is 7.11 Å². The van der Waals surface area contributed by atoms with E-state index in [1.807, 2.05) is 0 Å². The molecule has 9 nitrogen and oxygen atoms in total. The molecule has 0 atom stereocenters. The average molecular weight is 457 g/mol. The highest BCUT2D eigenvalue weighted by atomic mass is 32.2. The summed E-state index contributed by atoms with van der Waals surface area (Å²) in [5.74, 6) is -0.861. The summed E-state index contributed by atoms with van der Waals surface area (Å²) in [4.78, 5) is 27.6. The standard InChI is InChI=1S/C20H15N3O6S2/c1-29-17-5-2-12(9-21-17)11-23-19(24)15-4-3-14(8-13(15)10-22-23)31(27,28)16-6-7-30-18(16)20(25)26/h2-10H,11H2,1H3,(H,25,26). The molecule has 0 unspecified atom stereocenters. The molecule has 1 aromatic carbocycles. The summed E-state index contributed by atoms with van der Waals surface area (Å²) >= 11 is 0.833. The number of ether oxygens (including phenoxy) is 1. The number of hydrogen-bond donors (Lipinski definition) is 1. The first-order chi connectivity index (χ1) is 14.8. The number of thiophene rings is 1. The minimum absolute atomic E-state index is 0.112. The fourth-order valence-electron chi connectivity index (χ4n) is 3.04. The molecule has 4 aromatic rings. The Kier molecular flexibility index (Phi) is 5.29. The van der Waals surface area contributed by atoms with Gasteiger partial charge in [-0.2, -0.15) is 5.10 Å². The summed E-state index contributed by atoms with van der Waals surface area (Å²) in [5, 5.41) is 15.4. The first-order valence-corrected chi connectivity index (χ1v) is 11.2. The van der Waals surface area contributed by atoms with Crippen LogP contribution < -0.4 is 10.3 Å². The van der Waals surface area contributed by atoms with Crippen LogP contribution in [0.4, 0.5) is 0 Å². The molecule has 0 saturated heterocycles. The second-order valence-electron chi connectivity index (χ2n) is 6.49. The third-order valence-corrected chi connectivity index (χ3v) is 7.41. The van der Waals surface area contributed by atoms with Crippen molar-refractivity contribution in [3.8, 4) is 5.88 Å². The van der Waals surface area contributed by atoms with Gasteiger partial charge in [-0.05, 0) is 35.2 Å². The molecule has 0 amide bonds. The van der Waals surface area contributed by atoms with E-state index in [2.05, 4.69) is 10.1 Å². The minimum atomic E-state index is -4.07. The van der Waals surface area contributed by atoms with E-state index in [4.69, 9.17) is 4.74 Å². The summed E-state index contributed by atoms with van der Waals surface area (Å²) < 4.78 is 32.1. The maximum Gasteiger partial charge on any atom is 0.347 e. The van der Waals surface area contributed by atoms with Crippen LogP contribution in [-0.4, -0.2) is 41.4 Å². The van der Waals surface area contributed by atoms with Gasteiger partial charge in [0.1, 0.15) is 4.88 Å². The topological polar surface area (TPSA) is 128 Å². The Morgan fingerprint density at radius 1 is 1.19 bits per heavy atom. The lowest BCUT2D eigenvalue weighted by Gasteiger charge is -2.08. The molecule has 0 aliphatic rings. The van der Waals surface area contributed by atoms with E-state index in [-0.39, 0.29) is 26.8 Å². The van der Waals surface area contributed by atoms with Crippen LogP contribution in [0.5, 0.6) is 5.88 Å². The van der Waals surface area contributed by atoms with E-state index in [1.54, 1.807) is 18.3 Å². The third kappa shape index (κ3) is 3.80. The summed E-state index contributed by atoms with van der Waals surface area (Å²) in [6.45, 7) is 0.183. The number of benzene rings is 1. The normalized spacial score (nSPS) is 11.5. The van der Waals surface area contributed by atoms with Crippen LogP contribution >= 0.6 is 11.3 Å². The third-order valence-electron chi connectivity index (χ3n) is 4.59. The van der Waals surface area contributed by atoms with Crippen molar-refractivity contribution in [2.24, 2.45) is 0 Å².